The van der Waals surface area contributed by atoms with Crippen molar-refractivity contribution in [1.29, 1.82) is 0 Å². The second-order valence-electron chi connectivity index (χ2n) is 2.19. The molecule has 0 aliphatic rings. The van der Waals surface area contributed by atoms with Crippen molar-refractivity contribution < 1.29 is 18.7 Å². The van der Waals surface area contributed by atoms with Gasteiger partial charge in [-0.05, 0) is 29.8 Å². The van der Waals surface area contributed by atoms with Crippen molar-refractivity contribution in [3.63, 3.8) is 0 Å². The van der Waals surface area contributed by atoms with Gasteiger partial charge in [-0.3, -0.25) is 0 Å². The van der Waals surface area contributed by atoms with E-state index >= 15 is 0 Å². The molecule has 0 unspecified atom stereocenters. The lowest BCUT2D eigenvalue weighted by atomic mass is 10.2. The fourth-order valence-electron chi connectivity index (χ4n) is 0.802. The van der Waals surface area contributed by atoms with Gasteiger partial charge in [0.15, 0.2) is 0 Å². The summed E-state index contributed by atoms with van der Waals surface area (Å²) in [7, 11) is 0. The maximum atomic E-state index is 11.7. The molecular weight excluding hydrogens is 180 g/mol. The van der Waals surface area contributed by atoms with E-state index in [1.54, 1.807) is 0 Å². The Morgan fingerprint density at radius 1 is 1.31 bits per heavy atom. The van der Waals surface area contributed by atoms with E-state index in [0.29, 0.717) is 5.56 Å². The van der Waals surface area contributed by atoms with E-state index in [4.69, 9.17) is 5.21 Å². The summed E-state index contributed by atoms with van der Waals surface area (Å²) in [5.74, 6) is 0.0742. The summed E-state index contributed by atoms with van der Waals surface area (Å²) < 4.78 is 27.5. The summed E-state index contributed by atoms with van der Waals surface area (Å²) in [6, 6.07) is 5.72. The molecule has 0 aromatic heterocycles. The molecule has 1 N–H and O–H groups in total. The molecule has 0 aliphatic heterocycles. The van der Waals surface area contributed by atoms with Gasteiger partial charge >= 0.3 is 6.61 Å². The molecule has 1 aromatic rings. The molecule has 0 fully saturated rings. The second-order valence-corrected chi connectivity index (χ2v) is 2.19. The Kier molecular flexibility index (Phi) is 3.19. The average Bonchev–Trinajstić information content (AvgIpc) is 2.08. The molecule has 0 amide bonds. The third-order valence-electron chi connectivity index (χ3n) is 1.31. The van der Waals surface area contributed by atoms with Crippen LogP contribution in [0.1, 0.15) is 5.56 Å². The molecule has 0 radical (unpaired) electrons. The first-order valence-corrected chi connectivity index (χ1v) is 3.44. The normalized spacial score (nSPS) is 11.0. The molecule has 0 saturated heterocycles. The highest BCUT2D eigenvalue weighted by Gasteiger charge is 2.02. The Bertz CT molecular complexity index is 285. The zero-order valence-corrected chi connectivity index (χ0v) is 6.52. The molecular formula is C8H7F2NO2. The van der Waals surface area contributed by atoms with Crippen molar-refractivity contribution in [1.82, 2.24) is 0 Å². The molecule has 0 spiro atoms. The molecule has 1 rings (SSSR count). The number of alkyl halides is 2. The molecule has 0 aliphatic carbocycles. The summed E-state index contributed by atoms with van der Waals surface area (Å²) in [6.07, 6.45) is 1.19. The topological polar surface area (TPSA) is 41.8 Å². The molecule has 13 heavy (non-hydrogen) atoms. The summed E-state index contributed by atoms with van der Waals surface area (Å²) in [4.78, 5) is 0. The van der Waals surface area contributed by atoms with Crippen LogP contribution in [-0.4, -0.2) is 18.0 Å². The minimum absolute atomic E-state index is 0.0742. The molecule has 0 heterocycles. The molecule has 0 bridgehead atoms. The number of hydrogen-bond acceptors (Lipinski definition) is 3. The quantitative estimate of drug-likeness (QED) is 0.447. The molecule has 0 saturated carbocycles. The van der Waals surface area contributed by atoms with Crippen molar-refractivity contribution in [2.45, 2.75) is 6.61 Å². The van der Waals surface area contributed by atoms with E-state index < -0.39 is 6.61 Å². The van der Waals surface area contributed by atoms with Crippen LogP contribution >= 0.6 is 0 Å². The highest BCUT2D eigenvalue weighted by molar-refractivity contribution is 5.79. The Morgan fingerprint density at radius 3 is 2.38 bits per heavy atom. The first-order chi connectivity index (χ1) is 6.22. The minimum Gasteiger partial charge on any atom is -0.435 e. The van der Waals surface area contributed by atoms with Crippen LogP contribution in [0.3, 0.4) is 0 Å². The first-order valence-electron chi connectivity index (χ1n) is 3.44. The lowest BCUT2D eigenvalue weighted by Crippen LogP contribution is -2.01. The molecule has 5 heteroatoms. The highest BCUT2D eigenvalue weighted by atomic mass is 19.3. The summed E-state index contributed by atoms with van der Waals surface area (Å²) in [5.41, 5.74) is 0.601. The zero-order valence-electron chi connectivity index (χ0n) is 6.52. The number of rotatable bonds is 3. The van der Waals surface area contributed by atoms with Crippen molar-refractivity contribution in [3.8, 4) is 5.75 Å². The van der Waals surface area contributed by atoms with Gasteiger partial charge in [-0.25, -0.2) is 0 Å². The van der Waals surface area contributed by atoms with Crippen LogP contribution in [0.5, 0.6) is 5.75 Å². The van der Waals surface area contributed by atoms with Gasteiger partial charge in [0.05, 0.1) is 6.21 Å². The monoisotopic (exact) mass is 187 g/mol. The third-order valence-corrected chi connectivity index (χ3v) is 1.31. The predicted molar refractivity (Wildman–Crippen MR) is 42.5 cm³/mol. The van der Waals surface area contributed by atoms with Gasteiger partial charge in [0.1, 0.15) is 5.75 Å². The van der Waals surface area contributed by atoms with Gasteiger partial charge in [0.2, 0.25) is 0 Å². The maximum absolute atomic E-state index is 11.7. The van der Waals surface area contributed by atoms with Crippen LogP contribution in [0.15, 0.2) is 29.4 Å². The Labute approximate surface area is 73.2 Å². The van der Waals surface area contributed by atoms with Crippen molar-refractivity contribution in [2.75, 3.05) is 0 Å². The lowest BCUT2D eigenvalue weighted by Gasteiger charge is -2.03. The molecule has 3 nitrogen and oxygen atoms in total. The highest BCUT2D eigenvalue weighted by Crippen LogP contribution is 2.13. The first kappa shape index (κ1) is 9.44. The number of oxime groups is 1. The van der Waals surface area contributed by atoms with Gasteiger partial charge in [-0.1, -0.05) is 5.16 Å². The SMILES string of the molecule is O/N=C/c1ccc(OC(F)F)cc1. The van der Waals surface area contributed by atoms with E-state index in [9.17, 15) is 8.78 Å². The summed E-state index contributed by atoms with van der Waals surface area (Å²) >= 11 is 0. The Hall–Kier alpha value is -1.65. The molecule has 70 valence electrons. The summed E-state index contributed by atoms with van der Waals surface area (Å²) in [6.45, 7) is -2.82. The second kappa shape index (κ2) is 4.39. The van der Waals surface area contributed by atoms with Crippen molar-refractivity contribution in [3.05, 3.63) is 29.8 Å². The Morgan fingerprint density at radius 2 is 1.92 bits per heavy atom. The van der Waals surface area contributed by atoms with Crippen LogP contribution in [0.2, 0.25) is 0 Å². The van der Waals surface area contributed by atoms with Crippen molar-refractivity contribution >= 4 is 6.21 Å². The lowest BCUT2D eigenvalue weighted by molar-refractivity contribution is -0.0498. The van der Waals surface area contributed by atoms with Gasteiger partial charge in [0.25, 0.3) is 0 Å². The van der Waals surface area contributed by atoms with Crippen LogP contribution < -0.4 is 4.74 Å². The fraction of sp³-hybridized carbons (Fsp3) is 0.125. The Balaban J connectivity index is 2.69. The number of halogens is 2. The van der Waals surface area contributed by atoms with Gasteiger partial charge < -0.3 is 9.94 Å². The van der Waals surface area contributed by atoms with E-state index in [1.165, 1.54) is 30.5 Å². The standard InChI is InChI=1S/C8H7F2NO2/c9-8(10)13-7-3-1-6(2-4-7)5-11-12/h1-5,8,12H/b11-5+. The zero-order chi connectivity index (χ0) is 9.68. The van der Waals surface area contributed by atoms with Crippen LogP contribution in [0.4, 0.5) is 8.78 Å². The van der Waals surface area contributed by atoms with E-state index in [1.807, 2.05) is 0 Å². The fourth-order valence-corrected chi connectivity index (χ4v) is 0.802. The number of benzene rings is 1. The van der Waals surface area contributed by atoms with Gasteiger partial charge in [-0.15, -0.1) is 0 Å². The number of ether oxygens (including phenoxy) is 1. The number of hydrogen-bond donors (Lipinski definition) is 1. The van der Waals surface area contributed by atoms with E-state index in [2.05, 4.69) is 9.89 Å². The van der Waals surface area contributed by atoms with Crippen LogP contribution in [-0.2, 0) is 0 Å². The minimum atomic E-state index is -2.82. The average molecular weight is 187 g/mol. The van der Waals surface area contributed by atoms with Gasteiger partial charge in [-0.2, -0.15) is 8.78 Å². The van der Waals surface area contributed by atoms with Crippen LogP contribution in [0.25, 0.3) is 0 Å². The predicted octanol–water partition coefficient (Wildman–Crippen LogP) is 2.10. The maximum Gasteiger partial charge on any atom is 0.387 e. The smallest absolute Gasteiger partial charge is 0.387 e. The molecule has 1 aromatic carbocycles. The van der Waals surface area contributed by atoms with Crippen molar-refractivity contribution in [2.24, 2.45) is 5.16 Å². The third kappa shape index (κ3) is 3.06. The van der Waals surface area contributed by atoms with Gasteiger partial charge in [0, 0.05) is 0 Å². The van der Waals surface area contributed by atoms with E-state index in [0.717, 1.165) is 0 Å². The van der Waals surface area contributed by atoms with E-state index in [-0.39, 0.29) is 5.75 Å². The molecule has 0 atom stereocenters. The number of nitrogens with zero attached hydrogens (tertiary/aromatic N) is 1. The summed E-state index contributed by atoms with van der Waals surface area (Å²) in [5, 5.41) is 10.9. The van der Waals surface area contributed by atoms with Crippen LogP contribution in [0, 0.1) is 0 Å². The largest absolute Gasteiger partial charge is 0.435 e.